The summed E-state index contributed by atoms with van der Waals surface area (Å²) in [4.78, 5) is 15.6. The molecule has 2 heterocycles. The second-order valence-electron chi connectivity index (χ2n) is 17.1. The van der Waals surface area contributed by atoms with Gasteiger partial charge >= 0.3 is 0 Å². The van der Waals surface area contributed by atoms with E-state index in [9.17, 15) is 0 Å². The zero-order valence-electron chi connectivity index (χ0n) is 31.7. The monoisotopic (exact) mass is 735 g/mol. The highest BCUT2D eigenvalue weighted by Gasteiger charge is 2.51. The van der Waals surface area contributed by atoms with Gasteiger partial charge in [-0.15, -0.1) is 0 Å². The Morgan fingerprint density at radius 2 is 1.04 bits per heavy atom. The first kappa shape index (κ1) is 32.8. The number of nitrogens with zero attached hydrogens (tertiary/aromatic N) is 3. The molecule has 2 aromatic heterocycles. The Hall–Kier alpha value is -6.39. The maximum Gasteiger partial charge on any atom is 0.164 e. The van der Waals surface area contributed by atoms with Gasteiger partial charge in [0.05, 0.1) is 0 Å². The number of hydrogen-bond donors (Lipinski definition) is 0. The van der Waals surface area contributed by atoms with Crippen molar-refractivity contribution in [3.05, 3.63) is 163 Å². The van der Waals surface area contributed by atoms with Crippen molar-refractivity contribution >= 4 is 32.7 Å². The van der Waals surface area contributed by atoms with Crippen LogP contribution >= 0.6 is 0 Å². The minimum Gasteiger partial charge on any atom is -0.455 e. The Kier molecular flexibility index (Phi) is 7.38. The van der Waals surface area contributed by atoms with Crippen molar-refractivity contribution in [2.45, 2.75) is 43.9 Å². The summed E-state index contributed by atoms with van der Waals surface area (Å²) < 4.78 is 6.80. The average Bonchev–Trinajstić information content (AvgIpc) is 3.65. The number of aromatic nitrogens is 3. The van der Waals surface area contributed by atoms with Gasteiger partial charge in [-0.3, -0.25) is 0 Å². The molecule has 4 aliphatic rings. The zero-order valence-corrected chi connectivity index (χ0v) is 31.7. The zero-order chi connectivity index (χ0) is 37.5. The van der Waals surface area contributed by atoms with E-state index in [1.807, 2.05) is 6.07 Å². The van der Waals surface area contributed by atoms with Crippen molar-refractivity contribution in [1.29, 1.82) is 0 Å². The molecule has 13 rings (SSSR count). The number of fused-ring (bicyclic) bond motifs is 4. The highest BCUT2D eigenvalue weighted by molar-refractivity contribution is 6.15. The Morgan fingerprint density at radius 1 is 0.439 bits per heavy atom. The molecule has 0 amide bonds. The van der Waals surface area contributed by atoms with Crippen LogP contribution in [0.5, 0.6) is 0 Å². The molecule has 0 radical (unpaired) electrons. The van der Waals surface area contributed by atoms with Crippen LogP contribution in [0.25, 0.3) is 89.1 Å². The molecule has 0 spiro atoms. The van der Waals surface area contributed by atoms with E-state index in [-0.39, 0.29) is 0 Å². The standard InChI is InChI=1S/C53H41N3O/c1-2-9-36(10-3-1)40-13-6-14-41(28-40)50-54-51(42-20-19-37-11-4-5-12-39(37)29-42)56-52(55-50)46-17-8-18-47-48(46)45-16-7-15-44(49(45)57-47)38-21-23-43(24-22-38)53-30-33-25-34(31-53)27-35(26-33)32-53/h1-24,28-29,33-35H,25-27,30-32H2. The van der Waals surface area contributed by atoms with Crippen molar-refractivity contribution in [2.75, 3.05) is 0 Å². The van der Waals surface area contributed by atoms with E-state index in [1.165, 1.54) is 49.5 Å². The van der Waals surface area contributed by atoms with Crippen LogP contribution in [0.15, 0.2) is 162 Å². The first-order valence-corrected chi connectivity index (χ1v) is 20.6. The van der Waals surface area contributed by atoms with Gasteiger partial charge in [-0.05, 0) is 113 Å². The highest BCUT2D eigenvalue weighted by Crippen LogP contribution is 2.60. The van der Waals surface area contributed by atoms with E-state index in [4.69, 9.17) is 19.4 Å². The Labute approximate surface area is 332 Å². The summed E-state index contributed by atoms with van der Waals surface area (Å²) in [5.41, 5.74) is 11.0. The van der Waals surface area contributed by atoms with Gasteiger partial charge in [-0.1, -0.05) is 140 Å². The lowest BCUT2D eigenvalue weighted by Crippen LogP contribution is -2.48. The first-order valence-electron chi connectivity index (χ1n) is 20.6. The second-order valence-corrected chi connectivity index (χ2v) is 17.1. The van der Waals surface area contributed by atoms with Crippen molar-refractivity contribution in [3.8, 4) is 56.4 Å². The van der Waals surface area contributed by atoms with Crippen LogP contribution in [0, 0.1) is 17.8 Å². The molecular formula is C53H41N3O. The molecule has 0 N–H and O–H groups in total. The lowest BCUT2D eigenvalue weighted by molar-refractivity contribution is -0.00518. The van der Waals surface area contributed by atoms with Crippen LogP contribution in [0.1, 0.15) is 44.1 Å². The lowest BCUT2D eigenvalue weighted by Gasteiger charge is -2.57. The van der Waals surface area contributed by atoms with Gasteiger partial charge in [0.2, 0.25) is 0 Å². The number of hydrogen-bond acceptors (Lipinski definition) is 4. The molecule has 274 valence electrons. The van der Waals surface area contributed by atoms with E-state index >= 15 is 0 Å². The molecule has 4 fully saturated rings. The minimum atomic E-state index is 0.380. The molecule has 0 saturated heterocycles. The average molecular weight is 736 g/mol. The van der Waals surface area contributed by atoms with E-state index < -0.39 is 0 Å². The molecule has 4 nitrogen and oxygen atoms in total. The summed E-state index contributed by atoms with van der Waals surface area (Å²) in [6.45, 7) is 0. The molecule has 7 aromatic carbocycles. The number of para-hydroxylation sites is 1. The normalized spacial score (nSPS) is 21.2. The van der Waals surface area contributed by atoms with Crippen molar-refractivity contribution in [1.82, 2.24) is 15.0 Å². The smallest absolute Gasteiger partial charge is 0.164 e. The van der Waals surface area contributed by atoms with Gasteiger partial charge in [-0.25, -0.2) is 15.0 Å². The topological polar surface area (TPSA) is 51.8 Å². The van der Waals surface area contributed by atoms with Gasteiger partial charge in [0.25, 0.3) is 0 Å². The van der Waals surface area contributed by atoms with Crippen molar-refractivity contribution in [2.24, 2.45) is 17.8 Å². The van der Waals surface area contributed by atoms with Crippen molar-refractivity contribution < 1.29 is 4.42 Å². The minimum absolute atomic E-state index is 0.380. The molecular weight excluding hydrogens is 695 g/mol. The van der Waals surface area contributed by atoms with Gasteiger partial charge in [0.1, 0.15) is 11.2 Å². The van der Waals surface area contributed by atoms with E-state index in [0.29, 0.717) is 22.9 Å². The number of furan rings is 1. The summed E-state index contributed by atoms with van der Waals surface area (Å²) in [5.74, 6) is 4.67. The van der Waals surface area contributed by atoms with Crippen LogP contribution in [0.4, 0.5) is 0 Å². The quantitative estimate of drug-likeness (QED) is 0.171. The maximum atomic E-state index is 6.80. The largest absolute Gasteiger partial charge is 0.455 e. The third-order valence-electron chi connectivity index (χ3n) is 13.5. The number of rotatable bonds is 6. The van der Waals surface area contributed by atoms with Gasteiger partial charge in [0, 0.05) is 33.0 Å². The fourth-order valence-corrected chi connectivity index (χ4v) is 11.3. The molecule has 4 aliphatic carbocycles. The third kappa shape index (κ3) is 5.53. The summed E-state index contributed by atoms with van der Waals surface area (Å²) in [7, 11) is 0. The van der Waals surface area contributed by atoms with Crippen LogP contribution in [0.2, 0.25) is 0 Å². The van der Waals surface area contributed by atoms with Crippen molar-refractivity contribution in [3.63, 3.8) is 0 Å². The SMILES string of the molecule is c1ccc(-c2cccc(-c3nc(-c4ccc5ccccc5c4)nc(-c4cccc5oc6c(-c7ccc(C89CC%10CC(CC(C%10)C8)C9)cc7)cccc6c45)n3)c2)cc1. The summed E-state index contributed by atoms with van der Waals surface area (Å²) in [6.07, 6.45) is 8.52. The molecule has 57 heavy (non-hydrogen) atoms. The Balaban J connectivity index is 0.990. The van der Waals surface area contributed by atoms with Crippen LogP contribution in [-0.4, -0.2) is 15.0 Å². The van der Waals surface area contributed by atoms with Gasteiger partial charge in [0.15, 0.2) is 17.5 Å². The molecule has 0 aliphatic heterocycles. The van der Waals surface area contributed by atoms with E-state index in [0.717, 1.165) is 78.5 Å². The third-order valence-corrected chi connectivity index (χ3v) is 13.5. The maximum absolute atomic E-state index is 6.80. The fourth-order valence-electron chi connectivity index (χ4n) is 11.3. The summed E-state index contributed by atoms with van der Waals surface area (Å²) in [6, 6.07) is 56.1. The first-order chi connectivity index (χ1) is 28.1. The van der Waals surface area contributed by atoms with E-state index in [1.54, 1.807) is 5.56 Å². The second kappa shape index (κ2) is 12.8. The van der Waals surface area contributed by atoms with Gasteiger partial charge < -0.3 is 4.42 Å². The summed E-state index contributed by atoms with van der Waals surface area (Å²) >= 11 is 0. The molecule has 0 atom stereocenters. The number of benzene rings is 7. The van der Waals surface area contributed by atoms with Crippen LogP contribution in [0.3, 0.4) is 0 Å². The molecule has 4 heteroatoms. The Morgan fingerprint density at radius 3 is 1.81 bits per heavy atom. The van der Waals surface area contributed by atoms with E-state index in [2.05, 4.69) is 152 Å². The molecule has 0 unspecified atom stereocenters. The summed E-state index contributed by atoms with van der Waals surface area (Å²) in [5, 5.41) is 4.40. The predicted octanol–water partition coefficient (Wildman–Crippen LogP) is 13.7. The molecule has 4 saturated carbocycles. The predicted molar refractivity (Wildman–Crippen MR) is 232 cm³/mol. The van der Waals surface area contributed by atoms with Crippen LogP contribution in [-0.2, 0) is 5.41 Å². The fraction of sp³-hybridized carbons (Fsp3) is 0.189. The molecule has 4 bridgehead atoms. The van der Waals surface area contributed by atoms with Gasteiger partial charge in [-0.2, -0.15) is 0 Å². The van der Waals surface area contributed by atoms with Crippen LogP contribution < -0.4 is 0 Å². The highest BCUT2D eigenvalue weighted by atomic mass is 16.3. The lowest BCUT2D eigenvalue weighted by atomic mass is 9.48. The molecule has 9 aromatic rings. The Bertz CT molecular complexity index is 2960.